The number of aliphatic hydroxyl groups is 1. The lowest BCUT2D eigenvalue weighted by atomic mass is 10.1. The number of para-hydroxylation sites is 1. The van der Waals surface area contributed by atoms with E-state index < -0.39 is 17.7 Å². The van der Waals surface area contributed by atoms with Crippen molar-refractivity contribution in [2.45, 2.75) is 51.9 Å². The van der Waals surface area contributed by atoms with Crippen molar-refractivity contribution >= 4 is 23.6 Å². The molecule has 1 heterocycles. The first-order valence-corrected chi connectivity index (χ1v) is 8.97. The Labute approximate surface area is 158 Å². The molecule has 1 fully saturated rings. The second-order valence-corrected chi connectivity index (χ2v) is 7.41. The summed E-state index contributed by atoms with van der Waals surface area (Å²) in [6, 6.07) is 6.35. The summed E-state index contributed by atoms with van der Waals surface area (Å²) in [5.41, 5.74) is 0.480. The van der Waals surface area contributed by atoms with Crippen LogP contribution in [-0.4, -0.2) is 52.6 Å². The molecule has 0 bridgehead atoms. The molecule has 0 spiro atoms. The number of rotatable bonds is 5. The number of hydrogen-bond acceptors (Lipinski definition) is 5. The molecule has 1 saturated heterocycles. The third-order valence-corrected chi connectivity index (χ3v) is 4.10. The van der Waals surface area contributed by atoms with Crippen LogP contribution in [0.2, 0.25) is 0 Å². The standard InChI is InChI=1S/C19H27N3O5/c1-19(2,3)27-18(26)20-11-16(24)22-10-6-9-15(22)17(25)21-14-8-5-4-7-13(14)12-23/h4-5,7-8,15,23H,6,9-12H2,1-3H3,(H,20,26)(H,21,25)/t15-/m0/s1. The number of ether oxygens (including phenoxy) is 1. The average molecular weight is 377 g/mol. The molecule has 2 rings (SSSR count). The SMILES string of the molecule is CC(C)(C)OC(=O)NCC(=O)N1CCC[C@H]1C(=O)Nc1ccccc1CO. The van der Waals surface area contributed by atoms with Gasteiger partial charge in [-0.25, -0.2) is 4.79 Å². The maximum Gasteiger partial charge on any atom is 0.408 e. The van der Waals surface area contributed by atoms with E-state index >= 15 is 0 Å². The molecular weight excluding hydrogens is 350 g/mol. The Morgan fingerprint density at radius 2 is 1.96 bits per heavy atom. The summed E-state index contributed by atoms with van der Waals surface area (Å²) in [6.45, 7) is 5.24. The number of carbonyl (C=O) groups excluding carboxylic acids is 3. The second-order valence-electron chi connectivity index (χ2n) is 7.41. The number of likely N-dealkylation sites (tertiary alicyclic amines) is 1. The minimum Gasteiger partial charge on any atom is -0.444 e. The van der Waals surface area contributed by atoms with Crippen molar-refractivity contribution in [3.63, 3.8) is 0 Å². The number of nitrogens with zero attached hydrogens (tertiary/aromatic N) is 1. The highest BCUT2D eigenvalue weighted by Gasteiger charge is 2.34. The van der Waals surface area contributed by atoms with Crippen molar-refractivity contribution < 1.29 is 24.2 Å². The van der Waals surface area contributed by atoms with E-state index in [1.54, 1.807) is 45.0 Å². The zero-order chi connectivity index (χ0) is 20.0. The van der Waals surface area contributed by atoms with Crippen LogP contribution in [0.4, 0.5) is 10.5 Å². The Bertz CT molecular complexity index is 699. The van der Waals surface area contributed by atoms with Gasteiger partial charge in [-0.3, -0.25) is 9.59 Å². The van der Waals surface area contributed by atoms with Crippen LogP contribution in [0.5, 0.6) is 0 Å². The minimum atomic E-state index is -0.673. The van der Waals surface area contributed by atoms with E-state index in [-0.39, 0.29) is 25.0 Å². The Balaban J connectivity index is 1.94. The zero-order valence-electron chi connectivity index (χ0n) is 15.9. The third kappa shape index (κ3) is 5.96. The molecule has 3 N–H and O–H groups in total. The second kappa shape index (κ2) is 8.85. The molecule has 1 aromatic carbocycles. The van der Waals surface area contributed by atoms with Gasteiger partial charge in [-0.15, -0.1) is 0 Å². The zero-order valence-corrected chi connectivity index (χ0v) is 15.9. The van der Waals surface area contributed by atoms with E-state index in [2.05, 4.69) is 10.6 Å². The van der Waals surface area contributed by atoms with Gasteiger partial charge in [0.15, 0.2) is 0 Å². The number of carbonyl (C=O) groups is 3. The Morgan fingerprint density at radius 3 is 2.63 bits per heavy atom. The monoisotopic (exact) mass is 377 g/mol. The molecule has 0 unspecified atom stereocenters. The summed E-state index contributed by atoms with van der Waals surface area (Å²) in [5.74, 6) is -0.645. The van der Waals surface area contributed by atoms with Gasteiger partial charge in [0, 0.05) is 17.8 Å². The van der Waals surface area contributed by atoms with Crippen LogP contribution in [0.25, 0.3) is 0 Å². The summed E-state index contributed by atoms with van der Waals surface area (Å²) >= 11 is 0. The lowest BCUT2D eigenvalue weighted by Gasteiger charge is -2.25. The first kappa shape index (κ1) is 20.7. The highest BCUT2D eigenvalue weighted by atomic mass is 16.6. The van der Waals surface area contributed by atoms with E-state index in [1.807, 2.05) is 0 Å². The number of alkyl carbamates (subject to hydrolysis) is 1. The molecule has 0 aliphatic carbocycles. The predicted octanol–water partition coefficient (Wildman–Crippen LogP) is 1.63. The average Bonchev–Trinajstić information content (AvgIpc) is 3.08. The molecule has 0 radical (unpaired) electrons. The van der Waals surface area contributed by atoms with Crippen molar-refractivity contribution in [3.8, 4) is 0 Å². The van der Waals surface area contributed by atoms with Crippen molar-refractivity contribution in [1.29, 1.82) is 0 Å². The normalized spacial score (nSPS) is 16.7. The number of hydrogen-bond donors (Lipinski definition) is 3. The highest BCUT2D eigenvalue weighted by molar-refractivity contribution is 5.98. The predicted molar refractivity (Wildman–Crippen MR) is 100.0 cm³/mol. The van der Waals surface area contributed by atoms with Gasteiger partial charge in [-0.2, -0.15) is 0 Å². The molecule has 8 nitrogen and oxygen atoms in total. The van der Waals surface area contributed by atoms with Crippen LogP contribution in [0.15, 0.2) is 24.3 Å². The van der Waals surface area contributed by atoms with E-state index in [1.165, 1.54) is 4.90 Å². The van der Waals surface area contributed by atoms with E-state index in [9.17, 15) is 19.5 Å². The van der Waals surface area contributed by atoms with E-state index in [4.69, 9.17) is 4.74 Å². The smallest absolute Gasteiger partial charge is 0.408 e. The number of benzene rings is 1. The molecule has 27 heavy (non-hydrogen) atoms. The van der Waals surface area contributed by atoms with Gasteiger partial charge in [0.25, 0.3) is 0 Å². The fourth-order valence-corrected chi connectivity index (χ4v) is 2.90. The molecule has 148 valence electrons. The molecule has 1 atom stereocenters. The maximum atomic E-state index is 12.6. The summed E-state index contributed by atoms with van der Waals surface area (Å²) in [5, 5.41) is 14.6. The molecule has 0 saturated carbocycles. The molecule has 8 heteroatoms. The largest absolute Gasteiger partial charge is 0.444 e. The van der Waals surface area contributed by atoms with Gasteiger partial charge in [0.1, 0.15) is 18.2 Å². The van der Waals surface area contributed by atoms with Gasteiger partial charge in [-0.05, 0) is 39.7 Å². The highest BCUT2D eigenvalue weighted by Crippen LogP contribution is 2.21. The van der Waals surface area contributed by atoms with Gasteiger partial charge in [0.05, 0.1) is 6.61 Å². The first-order valence-electron chi connectivity index (χ1n) is 8.97. The summed E-state index contributed by atoms with van der Waals surface area (Å²) in [7, 11) is 0. The van der Waals surface area contributed by atoms with Gasteiger partial charge >= 0.3 is 6.09 Å². The van der Waals surface area contributed by atoms with E-state index in [0.717, 1.165) is 0 Å². The van der Waals surface area contributed by atoms with Crippen LogP contribution in [0.1, 0.15) is 39.2 Å². The number of anilines is 1. The van der Waals surface area contributed by atoms with Crippen molar-refractivity contribution in [1.82, 2.24) is 10.2 Å². The minimum absolute atomic E-state index is 0.191. The van der Waals surface area contributed by atoms with Crippen LogP contribution < -0.4 is 10.6 Å². The Morgan fingerprint density at radius 1 is 1.26 bits per heavy atom. The van der Waals surface area contributed by atoms with Crippen molar-refractivity contribution in [2.24, 2.45) is 0 Å². The van der Waals surface area contributed by atoms with Crippen LogP contribution in [0.3, 0.4) is 0 Å². The third-order valence-electron chi connectivity index (χ3n) is 4.10. The molecule has 1 aromatic rings. The van der Waals surface area contributed by atoms with E-state index in [0.29, 0.717) is 30.6 Å². The molecule has 1 aliphatic heterocycles. The summed E-state index contributed by atoms with van der Waals surface area (Å²) in [4.78, 5) is 38.2. The number of amides is 3. The van der Waals surface area contributed by atoms with Crippen molar-refractivity contribution in [3.05, 3.63) is 29.8 Å². The lowest BCUT2D eigenvalue weighted by Crippen LogP contribution is -2.47. The Hall–Kier alpha value is -2.61. The number of aliphatic hydroxyl groups excluding tert-OH is 1. The first-order chi connectivity index (χ1) is 12.7. The summed E-state index contributed by atoms with van der Waals surface area (Å²) in [6.07, 6.45) is 0.580. The van der Waals surface area contributed by atoms with Gasteiger partial charge in [0.2, 0.25) is 11.8 Å². The fourth-order valence-electron chi connectivity index (χ4n) is 2.90. The topological polar surface area (TPSA) is 108 Å². The Kier molecular flexibility index (Phi) is 6.79. The van der Waals surface area contributed by atoms with Gasteiger partial charge in [-0.1, -0.05) is 18.2 Å². The van der Waals surface area contributed by atoms with Crippen LogP contribution in [-0.2, 0) is 20.9 Å². The molecular formula is C19H27N3O5. The number of nitrogens with one attached hydrogen (secondary N) is 2. The molecule has 0 aromatic heterocycles. The van der Waals surface area contributed by atoms with Gasteiger partial charge < -0.3 is 25.4 Å². The molecule has 1 aliphatic rings. The lowest BCUT2D eigenvalue weighted by molar-refractivity contribution is -0.135. The quantitative estimate of drug-likeness (QED) is 0.723. The van der Waals surface area contributed by atoms with Crippen LogP contribution >= 0.6 is 0 Å². The maximum absolute atomic E-state index is 12.6. The summed E-state index contributed by atoms with van der Waals surface area (Å²) < 4.78 is 5.11. The van der Waals surface area contributed by atoms with Crippen LogP contribution in [0, 0.1) is 0 Å². The van der Waals surface area contributed by atoms with Crippen molar-refractivity contribution in [2.75, 3.05) is 18.4 Å². The fraction of sp³-hybridized carbons (Fsp3) is 0.526. The molecule has 3 amide bonds.